The highest BCUT2D eigenvalue weighted by atomic mass is 32.1. The molecule has 0 saturated heterocycles. The second-order valence-corrected chi connectivity index (χ2v) is 5.93. The Hall–Kier alpha value is -2.13. The Balaban J connectivity index is 2.07. The molecule has 0 spiro atoms. The SMILES string of the molecule is Cc1ccc(-c2nc(-c3ccccc3)sc2N)cc1C. The van der Waals surface area contributed by atoms with Gasteiger partial charge >= 0.3 is 0 Å². The van der Waals surface area contributed by atoms with E-state index in [1.807, 2.05) is 18.2 Å². The van der Waals surface area contributed by atoms with E-state index in [-0.39, 0.29) is 0 Å². The van der Waals surface area contributed by atoms with Crippen molar-refractivity contribution in [2.75, 3.05) is 5.73 Å². The molecule has 0 amide bonds. The van der Waals surface area contributed by atoms with Crippen LogP contribution in [0.15, 0.2) is 48.5 Å². The van der Waals surface area contributed by atoms with E-state index in [4.69, 9.17) is 10.7 Å². The molecule has 0 aliphatic rings. The molecule has 100 valence electrons. The number of aromatic nitrogens is 1. The van der Waals surface area contributed by atoms with E-state index in [2.05, 4.69) is 44.2 Å². The summed E-state index contributed by atoms with van der Waals surface area (Å²) in [7, 11) is 0. The van der Waals surface area contributed by atoms with Crippen molar-refractivity contribution in [3.63, 3.8) is 0 Å². The third-order valence-electron chi connectivity index (χ3n) is 3.45. The maximum Gasteiger partial charge on any atom is 0.126 e. The monoisotopic (exact) mass is 280 g/mol. The van der Waals surface area contributed by atoms with Gasteiger partial charge in [-0.25, -0.2) is 4.98 Å². The number of hydrogen-bond donors (Lipinski definition) is 1. The first kappa shape index (κ1) is 12.9. The zero-order valence-electron chi connectivity index (χ0n) is 11.6. The quantitative estimate of drug-likeness (QED) is 0.740. The van der Waals surface area contributed by atoms with Gasteiger partial charge in [0, 0.05) is 11.1 Å². The summed E-state index contributed by atoms with van der Waals surface area (Å²) in [6, 6.07) is 16.5. The first-order valence-corrected chi connectivity index (χ1v) is 7.36. The fraction of sp³-hybridized carbons (Fsp3) is 0.118. The molecule has 3 rings (SSSR count). The maximum absolute atomic E-state index is 6.15. The predicted molar refractivity (Wildman–Crippen MR) is 86.9 cm³/mol. The maximum atomic E-state index is 6.15. The summed E-state index contributed by atoms with van der Waals surface area (Å²) in [5.41, 5.74) is 11.8. The van der Waals surface area contributed by atoms with E-state index in [0.717, 1.165) is 26.8 Å². The van der Waals surface area contributed by atoms with Crippen molar-refractivity contribution in [1.29, 1.82) is 0 Å². The van der Waals surface area contributed by atoms with Gasteiger partial charge in [0.15, 0.2) is 0 Å². The van der Waals surface area contributed by atoms with Gasteiger partial charge in [-0.1, -0.05) is 53.8 Å². The Morgan fingerprint density at radius 3 is 2.35 bits per heavy atom. The summed E-state index contributed by atoms with van der Waals surface area (Å²) >= 11 is 1.54. The second kappa shape index (κ2) is 5.10. The fourth-order valence-corrected chi connectivity index (χ4v) is 2.99. The van der Waals surface area contributed by atoms with E-state index in [9.17, 15) is 0 Å². The number of anilines is 1. The molecule has 1 aromatic heterocycles. The lowest BCUT2D eigenvalue weighted by Gasteiger charge is -2.03. The third kappa shape index (κ3) is 2.32. The van der Waals surface area contributed by atoms with Crippen LogP contribution in [-0.2, 0) is 0 Å². The van der Waals surface area contributed by atoms with Crippen LogP contribution in [0.5, 0.6) is 0 Å². The van der Waals surface area contributed by atoms with Crippen molar-refractivity contribution < 1.29 is 0 Å². The standard InChI is InChI=1S/C17H16N2S/c1-11-8-9-14(10-12(11)2)15-16(18)20-17(19-15)13-6-4-3-5-7-13/h3-10H,18H2,1-2H3. The molecule has 3 heteroatoms. The summed E-state index contributed by atoms with van der Waals surface area (Å²) in [6.45, 7) is 4.22. The molecule has 0 atom stereocenters. The summed E-state index contributed by atoms with van der Waals surface area (Å²) in [5.74, 6) is 0. The van der Waals surface area contributed by atoms with Gasteiger partial charge in [-0.2, -0.15) is 0 Å². The first-order valence-electron chi connectivity index (χ1n) is 6.54. The molecule has 3 aromatic rings. The minimum absolute atomic E-state index is 0.770. The van der Waals surface area contributed by atoms with E-state index >= 15 is 0 Å². The van der Waals surface area contributed by atoms with Gasteiger partial charge in [0.25, 0.3) is 0 Å². The molecule has 2 N–H and O–H groups in total. The molecule has 0 saturated carbocycles. The van der Waals surface area contributed by atoms with Crippen LogP contribution in [0.2, 0.25) is 0 Å². The van der Waals surface area contributed by atoms with E-state index in [0.29, 0.717) is 0 Å². The molecular formula is C17H16N2S. The van der Waals surface area contributed by atoms with Gasteiger partial charge in [-0.15, -0.1) is 0 Å². The van der Waals surface area contributed by atoms with Gasteiger partial charge in [-0.05, 0) is 31.0 Å². The number of hydrogen-bond acceptors (Lipinski definition) is 3. The third-order valence-corrected chi connectivity index (χ3v) is 4.39. The van der Waals surface area contributed by atoms with Crippen molar-refractivity contribution in [1.82, 2.24) is 4.98 Å². The number of rotatable bonds is 2. The number of aryl methyl sites for hydroxylation is 2. The lowest BCUT2D eigenvalue weighted by molar-refractivity contribution is 1.32. The van der Waals surface area contributed by atoms with Crippen LogP contribution in [-0.4, -0.2) is 4.98 Å². The van der Waals surface area contributed by atoms with Crippen molar-refractivity contribution in [2.45, 2.75) is 13.8 Å². The van der Waals surface area contributed by atoms with Crippen LogP contribution in [0.4, 0.5) is 5.00 Å². The number of benzene rings is 2. The highest BCUT2D eigenvalue weighted by molar-refractivity contribution is 7.19. The second-order valence-electron chi connectivity index (χ2n) is 4.90. The molecule has 20 heavy (non-hydrogen) atoms. The van der Waals surface area contributed by atoms with Gasteiger partial charge in [-0.3, -0.25) is 0 Å². The minimum Gasteiger partial charge on any atom is -0.389 e. The molecule has 1 heterocycles. The molecule has 2 aromatic carbocycles. The van der Waals surface area contributed by atoms with Crippen molar-refractivity contribution in [3.8, 4) is 21.8 Å². The Bertz CT molecular complexity index is 745. The Morgan fingerprint density at radius 1 is 0.900 bits per heavy atom. The zero-order chi connectivity index (χ0) is 14.1. The first-order chi connectivity index (χ1) is 9.65. The number of nitrogens with zero attached hydrogens (tertiary/aromatic N) is 1. The van der Waals surface area contributed by atoms with Crippen LogP contribution in [0.3, 0.4) is 0 Å². The van der Waals surface area contributed by atoms with Crippen molar-refractivity contribution in [2.24, 2.45) is 0 Å². The van der Waals surface area contributed by atoms with Crippen molar-refractivity contribution in [3.05, 3.63) is 59.7 Å². The van der Waals surface area contributed by atoms with Crippen LogP contribution >= 0.6 is 11.3 Å². The van der Waals surface area contributed by atoms with Crippen LogP contribution in [0.25, 0.3) is 21.8 Å². The average Bonchev–Trinajstić information content (AvgIpc) is 2.85. The Labute approximate surface area is 122 Å². The van der Waals surface area contributed by atoms with Gasteiger partial charge in [0.05, 0.1) is 0 Å². The molecule has 2 nitrogen and oxygen atoms in total. The van der Waals surface area contributed by atoms with Gasteiger partial charge < -0.3 is 5.73 Å². The topological polar surface area (TPSA) is 38.9 Å². The summed E-state index contributed by atoms with van der Waals surface area (Å²) in [6.07, 6.45) is 0. The zero-order valence-corrected chi connectivity index (χ0v) is 12.4. The molecule has 0 unspecified atom stereocenters. The largest absolute Gasteiger partial charge is 0.389 e. The molecule has 0 aliphatic carbocycles. The Morgan fingerprint density at radius 2 is 1.65 bits per heavy atom. The minimum atomic E-state index is 0.770. The normalized spacial score (nSPS) is 10.7. The van der Waals surface area contributed by atoms with Crippen LogP contribution in [0, 0.1) is 13.8 Å². The van der Waals surface area contributed by atoms with Crippen LogP contribution in [0.1, 0.15) is 11.1 Å². The number of nitrogens with two attached hydrogens (primary N) is 1. The average molecular weight is 280 g/mol. The predicted octanol–water partition coefficient (Wildman–Crippen LogP) is 4.68. The summed E-state index contributed by atoms with van der Waals surface area (Å²) < 4.78 is 0. The molecule has 0 bridgehead atoms. The van der Waals surface area contributed by atoms with Crippen molar-refractivity contribution >= 4 is 16.3 Å². The molecular weight excluding hydrogens is 264 g/mol. The Kier molecular flexibility index (Phi) is 3.28. The highest BCUT2D eigenvalue weighted by Crippen LogP contribution is 2.36. The fourth-order valence-electron chi connectivity index (χ4n) is 2.13. The van der Waals surface area contributed by atoms with E-state index in [1.165, 1.54) is 22.5 Å². The highest BCUT2D eigenvalue weighted by Gasteiger charge is 2.12. The van der Waals surface area contributed by atoms with Gasteiger partial charge in [0.2, 0.25) is 0 Å². The molecule has 0 aliphatic heterocycles. The summed E-state index contributed by atoms with van der Waals surface area (Å²) in [4.78, 5) is 4.71. The lowest BCUT2D eigenvalue weighted by atomic mass is 10.0. The van der Waals surface area contributed by atoms with E-state index < -0.39 is 0 Å². The number of thiazole rings is 1. The molecule has 0 radical (unpaired) electrons. The lowest BCUT2D eigenvalue weighted by Crippen LogP contribution is -1.88. The smallest absolute Gasteiger partial charge is 0.126 e. The van der Waals surface area contributed by atoms with Gasteiger partial charge in [0.1, 0.15) is 15.7 Å². The van der Waals surface area contributed by atoms with Crippen LogP contribution < -0.4 is 5.73 Å². The molecule has 0 fully saturated rings. The van der Waals surface area contributed by atoms with E-state index in [1.54, 1.807) is 0 Å². The number of nitrogen functional groups attached to an aromatic ring is 1. The summed E-state index contributed by atoms with van der Waals surface area (Å²) in [5, 5.41) is 1.74.